The molecule has 2 saturated carbocycles. The fraction of sp³-hybridized carbons (Fsp3) is 0.409. The molecule has 29 heavy (non-hydrogen) atoms. The van der Waals surface area contributed by atoms with E-state index in [4.69, 9.17) is 0 Å². The zero-order valence-electron chi connectivity index (χ0n) is 16.0. The van der Waals surface area contributed by atoms with E-state index in [1.165, 1.54) is 11.3 Å². The first-order chi connectivity index (χ1) is 14.0. The second kappa shape index (κ2) is 8.37. The molecule has 2 atom stereocenters. The molecule has 2 fully saturated rings. The predicted octanol–water partition coefficient (Wildman–Crippen LogP) is 4.14. The summed E-state index contributed by atoms with van der Waals surface area (Å²) in [4.78, 5) is 37.5. The van der Waals surface area contributed by atoms with E-state index in [1.54, 1.807) is 0 Å². The Kier molecular flexibility index (Phi) is 5.67. The van der Waals surface area contributed by atoms with Crippen molar-refractivity contribution in [2.75, 3.05) is 5.32 Å². The molecule has 1 aromatic carbocycles. The molecule has 152 valence electrons. The first-order valence-electron chi connectivity index (χ1n) is 10.1. The van der Waals surface area contributed by atoms with Gasteiger partial charge in [0.2, 0.25) is 5.91 Å². The fourth-order valence-electron chi connectivity index (χ4n) is 3.94. The summed E-state index contributed by atoms with van der Waals surface area (Å²) < 4.78 is 0. The molecule has 0 bridgehead atoms. The van der Waals surface area contributed by atoms with Gasteiger partial charge < -0.3 is 15.7 Å². The number of hydrogen-bond acceptors (Lipinski definition) is 4. The maximum atomic E-state index is 13.0. The number of amides is 2. The lowest BCUT2D eigenvalue weighted by Gasteiger charge is -2.27. The number of carboxylic acids is 1. The summed E-state index contributed by atoms with van der Waals surface area (Å²) in [5.41, 5.74) is 2.15. The molecule has 2 aliphatic rings. The Morgan fingerprint density at radius 1 is 0.966 bits per heavy atom. The zero-order chi connectivity index (χ0) is 20.4. The van der Waals surface area contributed by atoms with Gasteiger partial charge in [-0.15, -0.1) is 11.3 Å². The lowest BCUT2D eigenvalue weighted by molar-refractivity contribution is -0.147. The molecular formula is C22H24N2O4S. The van der Waals surface area contributed by atoms with Crippen molar-refractivity contribution in [3.8, 4) is 11.1 Å². The Morgan fingerprint density at radius 2 is 1.66 bits per heavy atom. The molecule has 7 heteroatoms. The number of nitrogens with one attached hydrogen (secondary N) is 2. The standard InChI is InChI=1S/C22H24N2O4S/c25-19(15-8-4-5-9-16(15)22(27)28)24-21-18(20(26)23-14-10-11-14)17(12-29-21)13-6-2-1-3-7-13/h1-3,6-7,12,14-16H,4-5,8-11H2,(H,23,26)(H,24,25)(H,27,28)/t15-,16-/m0/s1. The van der Waals surface area contributed by atoms with Crippen LogP contribution in [0.25, 0.3) is 11.1 Å². The first kappa shape index (κ1) is 19.6. The van der Waals surface area contributed by atoms with E-state index < -0.39 is 17.8 Å². The van der Waals surface area contributed by atoms with Crippen molar-refractivity contribution in [2.24, 2.45) is 11.8 Å². The number of aliphatic carboxylic acids is 1. The van der Waals surface area contributed by atoms with Gasteiger partial charge in [0.25, 0.3) is 5.91 Å². The van der Waals surface area contributed by atoms with Crippen LogP contribution < -0.4 is 10.6 Å². The van der Waals surface area contributed by atoms with Gasteiger partial charge >= 0.3 is 5.97 Å². The van der Waals surface area contributed by atoms with Crippen molar-refractivity contribution < 1.29 is 19.5 Å². The van der Waals surface area contributed by atoms with Crippen LogP contribution in [-0.4, -0.2) is 28.9 Å². The largest absolute Gasteiger partial charge is 0.481 e. The number of rotatable bonds is 6. The smallest absolute Gasteiger partial charge is 0.307 e. The number of hydrogen-bond donors (Lipinski definition) is 3. The zero-order valence-corrected chi connectivity index (χ0v) is 16.8. The highest BCUT2D eigenvalue weighted by atomic mass is 32.1. The van der Waals surface area contributed by atoms with E-state index in [2.05, 4.69) is 10.6 Å². The van der Waals surface area contributed by atoms with Crippen molar-refractivity contribution in [3.63, 3.8) is 0 Å². The normalized spacial score (nSPS) is 21.4. The van der Waals surface area contributed by atoms with Crippen LogP contribution in [0.3, 0.4) is 0 Å². The topological polar surface area (TPSA) is 95.5 Å². The highest BCUT2D eigenvalue weighted by Gasteiger charge is 2.36. The number of carbonyl (C=O) groups is 3. The summed E-state index contributed by atoms with van der Waals surface area (Å²) in [6.45, 7) is 0. The molecule has 0 unspecified atom stereocenters. The molecule has 3 N–H and O–H groups in total. The summed E-state index contributed by atoms with van der Waals surface area (Å²) >= 11 is 1.31. The third-order valence-corrected chi connectivity index (χ3v) is 6.57. The lowest BCUT2D eigenvalue weighted by atomic mass is 9.78. The van der Waals surface area contributed by atoms with Crippen molar-refractivity contribution in [1.29, 1.82) is 0 Å². The highest BCUT2D eigenvalue weighted by molar-refractivity contribution is 7.15. The van der Waals surface area contributed by atoms with E-state index in [1.807, 2.05) is 35.7 Å². The minimum atomic E-state index is -0.923. The Hall–Kier alpha value is -2.67. The van der Waals surface area contributed by atoms with Gasteiger partial charge in [0, 0.05) is 17.0 Å². The molecule has 0 radical (unpaired) electrons. The quantitative estimate of drug-likeness (QED) is 0.665. The lowest BCUT2D eigenvalue weighted by Crippen LogP contribution is -2.36. The van der Waals surface area contributed by atoms with E-state index in [9.17, 15) is 19.5 Å². The van der Waals surface area contributed by atoms with Crippen LogP contribution in [0.15, 0.2) is 35.7 Å². The van der Waals surface area contributed by atoms with Gasteiger partial charge in [-0.2, -0.15) is 0 Å². The van der Waals surface area contributed by atoms with Crippen molar-refractivity contribution in [1.82, 2.24) is 5.32 Å². The average Bonchev–Trinajstić information content (AvgIpc) is 3.45. The molecular weight excluding hydrogens is 388 g/mol. The van der Waals surface area contributed by atoms with Crippen molar-refractivity contribution in [3.05, 3.63) is 41.3 Å². The molecule has 6 nitrogen and oxygen atoms in total. The van der Waals surface area contributed by atoms with E-state index in [0.717, 1.165) is 36.8 Å². The van der Waals surface area contributed by atoms with Crippen molar-refractivity contribution >= 4 is 34.1 Å². The maximum absolute atomic E-state index is 13.0. The van der Waals surface area contributed by atoms with E-state index in [0.29, 0.717) is 23.4 Å². The first-order valence-corrected chi connectivity index (χ1v) is 10.9. The molecule has 0 spiro atoms. The summed E-state index contributed by atoms with van der Waals surface area (Å²) in [5, 5.41) is 17.7. The van der Waals surface area contributed by atoms with E-state index in [-0.39, 0.29) is 17.9 Å². The predicted molar refractivity (Wildman–Crippen MR) is 112 cm³/mol. The summed E-state index contributed by atoms with van der Waals surface area (Å²) in [6.07, 6.45) is 4.69. The average molecular weight is 413 g/mol. The van der Waals surface area contributed by atoms with E-state index >= 15 is 0 Å². The Bertz CT molecular complexity index is 920. The maximum Gasteiger partial charge on any atom is 0.307 e. The van der Waals surface area contributed by atoms with Gasteiger partial charge in [-0.05, 0) is 31.2 Å². The third kappa shape index (κ3) is 4.34. The van der Waals surface area contributed by atoms with Crippen LogP contribution in [0.2, 0.25) is 0 Å². The SMILES string of the molecule is O=C(NC1CC1)c1c(-c2ccccc2)csc1NC(=O)[C@H]1CCCC[C@@H]1C(=O)O. The molecule has 4 rings (SSSR count). The van der Waals surface area contributed by atoms with Crippen molar-refractivity contribution in [2.45, 2.75) is 44.6 Å². The molecule has 0 saturated heterocycles. The molecule has 0 aliphatic heterocycles. The molecule has 2 aromatic rings. The minimum absolute atomic E-state index is 0.193. The Balaban J connectivity index is 1.62. The van der Waals surface area contributed by atoms with Gasteiger partial charge in [-0.1, -0.05) is 43.2 Å². The summed E-state index contributed by atoms with van der Waals surface area (Å²) in [6, 6.07) is 9.80. The molecule has 2 amide bonds. The monoisotopic (exact) mass is 412 g/mol. The number of carboxylic acid groups (broad SMARTS) is 1. The molecule has 1 aromatic heterocycles. The Labute approximate surface area is 173 Å². The fourth-order valence-corrected chi connectivity index (χ4v) is 4.91. The van der Waals surface area contributed by atoms with Gasteiger partial charge in [-0.3, -0.25) is 14.4 Å². The van der Waals surface area contributed by atoms with Gasteiger partial charge in [0.1, 0.15) is 5.00 Å². The van der Waals surface area contributed by atoms with Crippen LogP contribution >= 0.6 is 11.3 Å². The molecule has 2 aliphatic carbocycles. The minimum Gasteiger partial charge on any atom is -0.481 e. The van der Waals surface area contributed by atoms with Gasteiger partial charge in [0.05, 0.1) is 17.4 Å². The molecule has 1 heterocycles. The number of carbonyl (C=O) groups excluding carboxylic acids is 2. The number of benzene rings is 1. The van der Waals surface area contributed by atoms with Crippen LogP contribution in [0.4, 0.5) is 5.00 Å². The van der Waals surface area contributed by atoms with Crippen LogP contribution in [0, 0.1) is 11.8 Å². The third-order valence-electron chi connectivity index (χ3n) is 5.67. The highest BCUT2D eigenvalue weighted by Crippen LogP contribution is 2.38. The number of anilines is 1. The summed E-state index contributed by atoms with van der Waals surface area (Å²) in [7, 11) is 0. The van der Waals surface area contributed by atoms with Crippen LogP contribution in [0.5, 0.6) is 0 Å². The van der Waals surface area contributed by atoms with Gasteiger partial charge in [0.15, 0.2) is 0 Å². The summed E-state index contributed by atoms with van der Waals surface area (Å²) in [5.74, 6) is -2.66. The second-order valence-corrected chi connectivity index (χ2v) is 8.67. The Morgan fingerprint density at radius 3 is 2.31 bits per heavy atom. The second-order valence-electron chi connectivity index (χ2n) is 7.79. The van der Waals surface area contributed by atoms with Crippen LogP contribution in [0.1, 0.15) is 48.9 Å². The van der Waals surface area contributed by atoms with Crippen LogP contribution in [-0.2, 0) is 9.59 Å². The van der Waals surface area contributed by atoms with Gasteiger partial charge in [-0.25, -0.2) is 0 Å². The number of thiophene rings is 1.